The number of benzene rings is 1. The van der Waals surface area contributed by atoms with Crippen LogP contribution in [-0.2, 0) is 0 Å². The maximum absolute atomic E-state index is 14.0. The van der Waals surface area contributed by atoms with E-state index in [1.165, 1.54) is 6.33 Å². The highest BCUT2D eigenvalue weighted by atomic mass is 35.5. The van der Waals surface area contributed by atoms with Crippen molar-refractivity contribution >= 4 is 17.2 Å². The van der Waals surface area contributed by atoms with Crippen molar-refractivity contribution in [1.82, 2.24) is 19.6 Å². The number of hydrogen-bond acceptors (Lipinski definition) is 3. The number of aromatic nitrogens is 4. The van der Waals surface area contributed by atoms with Crippen LogP contribution in [0, 0.1) is 12.7 Å². The molecular formula is C12H8ClFN4. The summed E-state index contributed by atoms with van der Waals surface area (Å²) in [5.41, 5.74) is 1.49. The lowest BCUT2D eigenvalue weighted by atomic mass is 10.1. The van der Waals surface area contributed by atoms with Crippen molar-refractivity contribution < 1.29 is 4.39 Å². The third kappa shape index (κ3) is 1.64. The molecule has 90 valence electrons. The van der Waals surface area contributed by atoms with Crippen molar-refractivity contribution in [2.75, 3.05) is 0 Å². The molecule has 0 fully saturated rings. The molecule has 6 heteroatoms. The Kier molecular flexibility index (Phi) is 2.48. The Morgan fingerprint density at radius 2 is 2.11 bits per heavy atom. The average molecular weight is 263 g/mol. The number of hydrogen-bond donors (Lipinski definition) is 0. The number of rotatable bonds is 1. The molecule has 3 aromatic rings. The van der Waals surface area contributed by atoms with Crippen LogP contribution < -0.4 is 0 Å². The maximum atomic E-state index is 14.0. The molecule has 0 amide bonds. The Balaban J connectivity index is 2.29. The fourth-order valence-corrected chi connectivity index (χ4v) is 1.92. The van der Waals surface area contributed by atoms with Gasteiger partial charge in [-0.2, -0.15) is 0 Å². The lowest BCUT2D eigenvalue weighted by Gasteiger charge is -2.03. The molecule has 0 aliphatic carbocycles. The van der Waals surface area contributed by atoms with Crippen LogP contribution in [0.4, 0.5) is 4.39 Å². The lowest BCUT2D eigenvalue weighted by molar-refractivity contribution is 0.620. The van der Waals surface area contributed by atoms with Crippen LogP contribution >= 0.6 is 11.6 Å². The summed E-state index contributed by atoms with van der Waals surface area (Å²) in [6, 6.07) is 6.72. The van der Waals surface area contributed by atoms with Gasteiger partial charge in [0.1, 0.15) is 17.3 Å². The molecule has 0 saturated heterocycles. The molecular weight excluding hydrogens is 255 g/mol. The van der Waals surface area contributed by atoms with Gasteiger partial charge in [0, 0.05) is 6.07 Å². The monoisotopic (exact) mass is 262 g/mol. The van der Waals surface area contributed by atoms with Crippen molar-refractivity contribution in [2.24, 2.45) is 0 Å². The van der Waals surface area contributed by atoms with E-state index in [-0.39, 0.29) is 5.82 Å². The smallest absolute Gasteiger partial charge is 0.172 e. The van der Waals surface area contributed by atoms with Gasteiger partial charge < -0.3 is 0 Å². The predicted molar refractivity (Wildman–Crippen MR) is 65.9 cm³/mol. The minimum Gasteiger partial charge on any atom is -0.265 e. The fourth-order valence-electron chi connectivity index (χ4n) is 1.78. The van der Waals surface area contributed by atoms with Gasteiger partial charge in [-0.05, 0) is 18.6 Å². The molecule has 0 bridgehead atoms. The van der Waals surface area contributed by atoms with Gasteiger partial charge in [0.05, 0.1) is 5.56 Å². The Morgan fingerprint density at radius 3 is 2.94 bits per heavy atom. The SMILES string of the molecule is Cc1cccc(-c2nnc3cc(Cl)ncn23)c1F. The summed E-state index contributed by atoms with van der Waals surface area (Å²) in [6.07, 6.45) is 1.48. The van der Waals surface area contributed by atoms with Crippen LogP contribution in [0.1, 0.15) is 5.56 Å². The molecule has 2 heterocycles. The van der Waals surface area contributed by atoms with E-state index >= 15 is 0 Å². The summed E-state index contributed by atoms with van der Waals surface area (Å²) in [6.45, 7) is 1.71. The van der Waals surface area contributed by atoms with Crippen molar-refractivity contribution in [3.05, 3.63) is 47.1 Å². The first-order valence-electron chi connectivity index (χ1n) is 5.28. The molecule has 3 rings (SSSR count). The second-order valence-electron chi connectivity index (χ2n) is 3.90. The van der Waals surface area contributed by atoms with Crippen molar-refractivity contribution in [1.29, 1.82) is 0 Å². The minimum absolute atomic E-state index is 0.304. The van der Waals surface area contributed by atoms with Crippen LogP contribution in [0.5, 0.6) is 0 Å². The molecule has 0 aliphatic heterocycles. The maximum Gasteiger partial charge on any atom is 0.172 e. The number of fused-ring (bicyclic) bond motifs is 1. The highest BCUT2D eigenvalue weighted by Gasteiger charge is 2.14. The van der Waals surface area contributed by atoms with E-state index in [9.17, 15) is 4.39 Å². The molecule has 18 heavy (non-hydrogen) atoms. The number of aryl methyl sites for hydroxylation is 1. The van der Waals surface area contributed by atoms with E-state index in [1.54, 1.807) is 35.6 Å². The first-order valence-corrected chi connectivity index (χ1v) is 5.66. The summed E-state index contributed by atoms with van der Waals surface area (Å²) >= 11 is 5.76. The van der Waals surface area contributed by atoms with E-state index in [0.717, 1.165) is 0 Å². The Hall–Kier alpha value is -2.01. The molecule has 0 radical (unpaired) electrons. The standard InChI is InChI=1S/C12H8ClFN4/c1-7-3-2-4-8(11(7)14)12-17-16-10-5-9(13)15-6-18(10)12/h2-6H,1H3. The molecule has 0 spiro atoms. The largest absolute Gasteiger partial charge is 0.265 e. The van der Waals surface area contributed by atoms with E-state index in [4.69, 9.17) is 11.6 Å². The molecule has 2 aromatic heterocycles. The zero-order chi connectivity index (χ0) is 12.7. The summed E-state index contributed by atoms with van der Waals surface area (Å²) in [5.74, 6) is 0.108. The van der Waals surface area contributed by atoms with Crippen LogP contribution in [0.2, 0.25) is 5.15 Å². The van der Waals surface area contributed by atoms with E-state index in [2.05, 4.69) is 15.2 Å². The zero-order valence-electron chi connectivity index (χ0n) is 9.43. The topological polar surface area (TPSA) is 43.1 Å². The predicted octanol–water partition coefficient (Wildman–Crippen LogP) is 2.89. The van der Waals surface area contributed by atoms with Gasteiger partial charge in [-0.25, -0.2) is 9.37 Å². The van der Waals surface area contributed by atoms with E-state index in [1.807, 2.05) is 0 Å². The quantitative estimate of drug-likeness (QED) is 0.634. The van der Waals surface area contributed by atoms with Gasteiger partial charge in [-0.15, -0.1) is 10.2 Å². The second kappa shape index (κ2) is 4.03. The zero-order valence-corrected chi connectivity index (χ0v) is 10.2. The third-order valence-electron chi connectivity index (χ3n) is 2.70. The first kappa shape index (κ1) is 11.1. The summed E-state index contributed by atoms with van der Waals surface area (Å²) in [4.78, 5) is 3.94. The number of halogens is 2. The Morgan fingerprint density at radius 1 is 1.28 bits per heavy atom. The van der Waals surface area contributed by atoms with Gasteiger partial charge in [0.25, 0.3) is 0 Å². The van der Waals surface area contributed by atoms with Gasteiger partial charge in [0.2, 0.25) is 0 Å². The second-order valence-corrected chi connectivity index (χ2v) is 4.29. The Labute approximate surface area is 107 Å². The molecule has 0 aliphatic rings. The van der Waals surface area contributed by atoms with E-state index in [0.29, 0.717) is 27.8 Å². The van der Waals surface area contributed by atoms with Crippen LogP contribution in [0.3, 0.4) is 0 Å². The van der Waals surface area contributed by atoms with Gasteiger partial charge in [-0.1, -0.05) is 23.7 Å². The normalized spacial score (nSPS) is 11.1. The molecule has 0 N–H and O–H groups in total. The van der Waals surface area contributed by atoms with Gasteiger partial charge >= 0.3 is 0 Å². The van der Waals surface area contributed by atoms with Gasteiger partial charge in [0.15, 0.2) is 11.5 Å². The lowest BCUT2D eigenvalue weighted by Crippen LogP contribution is -1.95. The first-order chi connectivity index (χ1) is 8.66. The average Bonchev–Trinajstić information content (AvgIpc) is 2.75. The highest BCUT2D eigenvalue weighted by molar-refractivity contribution is 6.29. The fraction of sp³-hybridized carbons (Fsp3) is 0.0833. The van der Waals surface area contributed by atoms with Crippen molar-refractivity contribution in [2.45, 2.75) is 6.92 Å². The molecule has 0 atom stereocenters. The highest BCUT2D eigenvalue weighted by Crippen LogP contribution is 2.23. The minimum atomic E-state index is -0.304. The molecule has 0 saturated carbocycles. The summed E-state index contributed by atoms with van der Waals surface area (Å²) in [7, 11) is 0. The van der Waals surface area contributed by atoms with Crippen molar-refractivity contribution in [3.8, 4) is 11.4 Å². The summed E-state index contributed by atoms with van der Waals surface area (Å²) < 4.78 is 15.6. The van der Waals surface area contributed by atoms with E-state index < -0.39 is 0 Å². The third-order valence-corrected chi connectivity index (χ3v) is 2.91. The molecule has 4 nitrogen and oxygen atoms in total. The van der Waals surface area contributed by atoms with Gasteiger partial charge in [-0.3, -0.25) is 4.40 Å². The summed E-state index contributed by atoms with van der Waals surface area (Å²) in [5, 5.41) is 8.26. The van der Waals surface area contributed by atoms with Crippen LogP contribution in [0.15, 0.2) is 30.6 Å². The van der Waals surface area contributed by atoms with Crippen LogP contribution in [0.25, 0.3) is 17.0 Å². The Bertz CT molecular complexity index is 738. The molecule has 1 aromatic carbocycles. The molecule has 0 unspecified atom stereocenters. The van der Waals surface area contributed by atoms with Crippen molar-refractivity contribution in [3.63, 3.8) is 0 Å². The van der Waals surface area contributed by atoms with Crippen LogP contribution in [-0.4, -0.2) is 19.6 Å². The number of nitrogens with zero attached hydrogens (tertiary/aromatic N) is 4.